The van der Waals surface area contributed by atoms with Crippen LogP contribution in [-0.4, -0.2) is 25.4 Å². The number of hydrogen-bond acceptors (Lipinski definition) is 5. The van der Waals surface area contributed by atoms with Gasteiger partial charge in [-0.2, -0.15) is 0 Å². The molecule has 0 unspecified atom stereocenters. The third kappa shape index (κ3) is 4.11. The maximum atomic E-state index is 13.4. The van der Waals surface area contributed by atoms with Gasteiger partial charge in [-0.1, -0.05) is 6.07 Å². The van der Waals surface area contributed by atoms with Crippen LogP contribution in [0.1, 0.15) is 37.4 Å². The molecule has 0 atom stereocenters. The first kappa shape index (κ1) is 20.9. The first-order valence-electron chi connectivity index (χ1n) is 10.9. The van der Waals surface area contributed by atoms with E-state index in [9.17, 15) is 14.3 Å². The van der Waals surface area contributed by atoms with Crippen LogP contribution in [0.2, 0.25) is 0 Å². The molecule has 3 N–H and O–H groups in total. The largest absolute Gasteiger partial charge is 0.481 e. The van der Waals surface area contributed by atoms with Crippen molar-refractivity contribution in [3.63, 3.8) is 0 Å². The SMILES string of the molecule is Nc1nccn2c1c(-c1ccc(Oc3cccc(F)c3)cc1)nc2[C@H]1CC[C@@H](C(=O)O)CC1. The Morgan fingerprint density at radius 2 is 1.85 bits per heavy atom. The summed E-state index contributed by atoms with van der Waals surface area (Å²) in [5.74, 6) is 1.03. The number of aliphatic carboxylic acids is 1. The third-order valence-corrected chi connectivity index (χ3v) is 6.21. The standard InChI is InChI=1S/C25H23FN4O3/c26-18-2-1-3-20(14-18)33-19-10-8-15(9-11-19)21-22-23(27)28-12-13-30(22)24(29-21)16-4-6-17(7-5-16)25(31)32/h1-3,8-14,16-17H,4-7H2,(H2,27,28)(H,31,32)/t16-,17+. The van der Waals surface area contributed by atoms with E-state index in [1.807, 2.05) is 22.7 Å². The number of hydrogen-bond donors (Lipinski definition) is 2. The number of halogens is 1. The molecule has 2 aromatic heterocycles. The lowest BCUT2D eigenvalue weighted by Gasteiger charge is -2.25. The summed E-state index contributed by atoms with van der Waals surface area (Å²) in [4.78, 5) is 20.5. The molecule has 5 rings (SSSR count). The van der Waals surface area contributed by atoms with E-state index in [4.69, 9.17) is 15.5 Å². The van der Waals surface area contributed by atoms with Crippen molar-refractivity contribution in [3.8, 4) is 22.8 Å². The molecule has 0 bridgehead atoms. The van der Waals surface area contributed by atoms with Gasteiger partial charge in [0.25, 0.3) is 0 Å². The molecule has 168 valence electrons. The van der Waals surface area contributed by atoms with Crippen LogP contribution in [0.4, 0.5) is 10.2 Å². The van der Waals surface area contributed by atoms with Gasteiger partial charge >= 0.3 is 5.97 Å². The van der Waals surface area contributed by atoms with E-state index in [1.54, 1.807) is 30.5 Å². The Hall–Kier alpha value is -3.94. The molecule has 1 aliphatic rings. The number of carbonyl (C=O) groups is 1. The minimum atomic E-state index is -0.726. The van der Waals surface area contributed by atoms with E-state index in [1.165, 1.54) is 12.1 Å². The number of carboxylic acid groups (broad SMARTS) is 1. The van der Waals surface area contributed by atoms with Crippen LogP contribution < -0.4 is 10.5 Å². The highest BCUT2D eigenvalue weighted by atomic mass is 19.1. The van der Waals surface area contributed by atoms with Crippen LogP contribution >= 0.6 is 0 Å². The zero-order valence-corrected chi connectivity index (χ0v) is 17.8. The molecule has 1 saturated carbocycles. The van der Waals surface area contributed by atoms with Crippen molar-refractivity contribution in [2.75, 3.05) is 5.73 Å². The maximum absolute atomic E-state index is 13.4. The summed E-state index contributed by atoms with van der Waals surface area (Å²) in [5, 5.41) is 9.31. The quantitative estimate of drug-likeness (QED) is 0.433. The van der Waals surface area contributed by atoms with Crippen molar-refractivity contribution >= 4 is 17.3 Å². The number of ether oxygens (including phenoxy) is 1. The summed E-state index contributed by atoms with van der Waals surface area (Å²) >= 11 is 0. The lowest BCUT2D eigenvalue weighted by Crippen LogP contribution is -2.21. The van der Waals surface area contributed by atoms with E-state index in [0.717, 1.165) is 29.7 Å². The number of rotatable bonds is 5. The zero-order chi connectivity index (χ0) is 22.9. The van der Waals surface area contributed by atoms with Crippen molar-refractivity contribution in [1.29, 1.82) is 0 Å². The summed E-state index contributed by atoms with van der Waals surface area (Å²) < 4.78 is 21.1. The smallest absolute Gasteiger partial charge is 0.306 e. The summed E-state index contributed by atoms with van der Waals surface area (Å²) in [5.41, 5.74) is 8.53. The fourth-order valence-corrected chi connectivity index (χ4v) is 4.52. The van der Waals surface area contributed by atoms with Gasteiger partial charge in [0, 0.05) is 29.9 Å². The molecule has 8 heteroatoms. The molecule has 2 heterocycles. The number of aromatic nitrogens is 3. The van der Waals surface area contributed by atoms with Gasteiger partial charge in [0.1, 0.15) is 40.2 Å². The van der Waals surface area contributed by atoms with Gasteiger partial charge in [0.2, 0.25) is 0 Å². The van der Waals surface area contributed by atoms with Gasteiger partial charge in [-0.3, -0.25) is 9.20 Å². The lowest BCUT2D eigenvalue weighted by atomic mass is 9.81. The third-order valence-electron chi connectivity index (χ3n) is 6.21. The summed E-state index contributed by atoms with van der Waals surface area (Å²) in [7, 11) is 0. The maximum Gasteiger partial charge on any atom is 0.306 e. The molecule has 0 aliphatic heterocycles. The van der Waals surface area contributed by atoms with Crippen LogP contribution in [-0.2, 0) is 4.79 Å². The molecule has 4 aromatic rings. The number of nitrogens with zero attached hydrogens (tertiary/aromatic N) is 3. The molecule has 0 amide bonds. The highest BCUT2D eigenvalue weighted by Gasteiger charge is 2.30. The van der Waals surface area contributed by atoms with Crippen LogP contribution in [0.25, 0.3) is 16.8 Å². The second kappa shape index (κ2) is 8.54. The normalized spacial score (nSPS) is 18.3. The van der Waals surface area contributed by atoms with Crippen molar-refractivity contribution in [1.82, 2.24) is 14.4 Å². The van der Waals surface area contributed by atoms with Gasteiger partial charge in [-0.25, -0.2) is 14.4 Å². The average Bonchev–Trinajstić information content (AvgIpc) is 3.21. The van der Waals surface area contributed by atoms with Crippen molar-refractivity contribution < 1.29 is 19.0 Å². The highest BCUT2D eigenvalue weighted by molar-refractivity contribution is 5.85. The molecule has 7 nitrogen and oxygen atoms in total. The molecular formula is C25H23FN4O3. The first-order valence-corrected chi connectivity index (χ1v) is 10.9. The fraction of sp³-hybridized carbons (Fsp3) is 0.240. The van der Waals surface area contributed by atoms with E-state index < -0.39 is 5.97 Å². The predicted octanol–water partition coefficient (Wildman–Crippen LogP) is 5.27. The minimum absolute atomic E-state index is 0.152. The lowest BCUT2D eigenvalue weighted by molar-refractivity contribution is -0.142. The zero-order valence-electron chi connectivity index (χ0n) is 17.8. The number of benzene rings is 2. The second-order valence-corrected chi connectivity index (χ2v) is 8.32. The average molecular weight is 446 g/mol. The van der Waals surface area contributed by atoms with Crippen LogP contribution in [0.5, 0.6) is 11.5 Å². The Morgan fingerprint density at radius 1 is 1.09 bits per heavy atom. The van der Waals surface area contributed by atoms with Crippen molar-refractivity contribution in [2.45, 2.75) is 31.6 Å². The summed E-state index contributed by atoms with van der Waals surface area (Å²) in [6, 6.07) is 13.3. The van der Waals surface area contributed by atoms with Gasteiger partial charge in [0.05, 0.1) is 5.92 Å². The van der Waals surface area contributed by atoms with Gasteiger partial charge in [-0.15, -0.1) is 0 Å². The van der Waals surface area contributed by atoms with Crippen molar-refractivity contribution in [2.24, 2.45) is 5.92 Å². The molecule has 1 fully saturated rings. The van der Waals surface area contributed by atoms with Crippen LogP contribution in [0.3, 0.4) is 0 Å². The first-order chi connectivity index (χ1) is 16.0. The number of nitrogen functional groups attached to an aromatic ring is 1. The molecule has 0 saturated heterocycles. The van der Waals surface area contributed by atoms with Crippen LogP contribution in [0.15, 0.2) is 60.9 Å². The summed E-state index contributed by atoms with van der Waals surface area (Å²) in [6.45, 7) is 0. The second-order valence-electron chi connectivity index (χ2n) is 8.32. The topological polar surface area (TPSA) is 103 Å². The molecule has 1 aliphatic carbocycles. The monoisotopic (exact) mass is 446 g/mol. The Bertz CT molecular complexity index is 1310. The summed E-state index contributed by atoms with van der Waals surface area (Å²) in [6.07, 6.45) is 6.29. The number of imidazole rings is 1. The number of anilines is 1. The molecular weight excluding hydrogens is 423 g/mol. The minimum Gasteiger partial charge on any atom is -0.481 e. The van der Waals surface area contributed by atoms with E-state index in [0.29, 0.717) is 35.9 Å². The Labute approximate surface area is 189 Å². The Morgan fingerprint density at radius 3 is 2.55 bits per heavy atom. The molecule has 33 heavy (non-hydrogen) atoms. The molecule has 0 radical (unpaired) electrons. The number of fused-ring (bicyclic) bond motifs is 1. The van der Waals surface area contributed by atoms with Gasteiger partial charge in [0.15, 0.2) is 0 Å². The Balaban J connectivity index is 1.46. The predicted molar refractivity (Wildman–Crippen MR) is 122 cm³/mol. The highest BCUT2D eigenvalue weighted by Crippen LogP contribution is 2.39. The number of nitrogens with two attached hydrogens (primary N) is 1. The Kier molecular flexibility index (Phi) is 5.42. The van der Waals surface area contributed by atoms with E-state index >= 15 is 0 Å². The van der Waals surface area contributed by atoms with Gasteiger partial charge in [-0.05, 0) is 62.1 Å². The van der Waals surface area contributed by atoms with Crippen LogP contribution in [0, 0.1) is 11.7 Å². The fourth-order valence-electron chi connectivity index (χ4n) is 4.52. The molecule has 0 spiro atoms. The molecule has 2 aromatic carbocycles. The van der Waals surface area contributed by atoms with Gasteiger partial charge < -0.3 is 15.6 Å². The van der Waals surface area contributed by atoms with Crippen molar-refractivity contribution in [3.05, 3.63) is 72.6 Å². The van der Waals surface area contributed by atoms with E-state index in [2.05, 4.69) is 4.98 Å². The van der Waals surface area contributed by atoms with E-state index in [-0.39, 0.29) is 17.7 Å². The number of carboxylic acids is 1.